The smallest absolute Gasteiger partial charge is 0.153 e. The van der Waals surface area contributed by atoms with E-state index >= 15 is 0 Å². The summed E-state index contributed by atoms with van der Waals surface area (Å²) in [6.45, 7) is 0. The Morgan fingerprint density at radius 1 is 0.750 bits per heavy atom. The molecule has 0 fully saturated rings. The molecular weight excluding hydrogens is 504 g/mol. The van der Waals surface area contributed by atoms with Gasteiger partial charge in [0.25, 0.3) is 0 Å². The second-order valence-electron chi connectivity index (χ2n) is 5.93. The molecule has 0 saturated carbocycles. The molecule has 0 aliphatic heterocycles. The van der Waals surface area contributed by atoms with E-state index in [4.69, 9.17) is 11.6 Å². The number of hydrogen-bond acceptors (Lipinski definition) is 3. The van der Waals surface area contributed by atoms with Crippen LogP contribution in [0.1, 0.15) is 0 Å². The van der Waals surface area contributed by atoms with Crippen LogP contribution < -0.4 is 0 Å². The van der Waals surface area contributed by atoms with Gasteiger partial charge in [-0.15, -0.1) is 0 Å². The molecule has 2 aromatic carbocycles. The number of hydrogen-bond donors (Lipinski definition) is 0. The summed E-state index contributed by atoms with van der Waals surface area (Å²) in [5, 5.41) is 6.90. The highest BCUT2D eigenvalue weighted by Gasteiger charge is 2.01. The van der Waals surface area contributed by atoms with Gasteiger partial charge in [-0.3, -0.25) is 0 Å². The molecule has 0 radical (unpaired) electrons. The van der Waals surface area contributed by atoms with Gasteiger partial charge in [-0.05, 0) is 66.7 Å². The maximum Gasteiger partial charge on any atom is 0.153 e. The predicted octanol–water partition coefficient (Wildman–Crippen LogP) is 6.83. The highest BCUT2D eigenvalue weighted by atomic mass is 79.9. The van der Waals surface area contributed by atoms with Crippen LogP contribution in [0.4, 0.5) is 0 Å². The normalized spacial score (nSPS) is 10.7. The number of fused-ring (bicyclic) bond motifs is 2. The van der Waals surface area contributed by atoms with Crippen molar-refractivity contribution >= 4 is 65.3 Å². The van der Waals surface area contributed by atoms with Crippen molar-refractivity contribution in [1.82, 2.24) is 19.7 Å². The molecule has 0 aliphatic carbocycles. The van der Waals surface area contributed by atoms with Gasteiger partial charge in [0.15, 0.2) is 5.82 Å². The molecule has 0 N–H and O–H groups in total. The largest absolute Gasteiger partial charge is 0.236 e. The Morgan fingerprint density at radius 3 is 2.04 bits per heavy atom. The first-order valence-electron chi connectivity index (χ1n) is 8.37. The Bertz CT molecular complexity index is 1210. The summed E-state index contributed by atoms with van der Waals surface area (Å²) in [4.78, 5) is 8.70. The van der Waals surface area contributed by atoms with Crippen molar-refractivity contribution in [2.45, 2.75) is 0 Å². The van der Waals surface area contributed by atoms with E-state index in [0.717, 1.165) is 36.6 Å². The Labute approximate surface area is 183 Å². The van der Waals surface area contributed by atoms with Crippen LogP contribution in [0, 0.1) is 0 Å². The third kappa shape index (κ3) is 4.41. The monoisotopic (exact) mass is 514 g/mol. The lowest BCUT2D eigenvalue weighted by Gasteiger charge is -2.02. The van der Waals surface area contributed by atoms with Crippen molar-refractivity contribution in [1.29, 1.82) is 0 Å². The van der Waals surface area contributed by atoms with Crippen molar-refractivity contribution < 1.29 is 0 Å². The predicted molar refractivity (Wildman–Crippen MR) is 121 cm³/mol. The van der Waals surface area contributed by atoms with Crippen molar-refractivity contribution in [3.63, 3.8) is 0 Å². The number of benzene rings is 2. The third-order valence-corrected chi connectivity index (χ3v) is 5.19. The Hall–Kier alpha value is -2.28. The maximum absolute atomic E-state index is 5.74. The fraction of sp³-hybridized carbons (Fsp3) is 0. The molecule has 138 valence electrons. The van der Waals surface area contributed by atoms with Gasteiger partial charge in [0.2, 0.25) is 0 Å². The molecule has 0 atom stereocenters. The average molecular weight is 517 g/mol. The Balaban J connectivity index is 0.000000143. The highest BCUT2D eigenvalue weighted by Crippen LogP contribution is 2.20. The summed E-state index contributed by atoms with van der Waals surface area (Å²) in [5.74, 6) is 0.833. The van der Waals surface area contributed by atoms with Crippen LogP contribution in [0.2, 0.25) is 5.15 Å². The summed E-state index contributed by atoms with van der Waals surface area (Å²) in [6, 6.07) is 21.6. The summed E-state index contributed by atoms with van der Waals surface area (Å²) in [6.07, 6.45) is 3.63. The first-order chi connectivity index (χ1) is 13.6. The lowest BCUT2D eigenvalue weighted by atomic mass is 10.2. The van der Waals surface area contributed by atoms with Gasteiger partial charge < -0.3 is 0 Å². The first-order valence-corrected chi connectivity index (χ1v) is 10.3. The SMILES string of the molecule is Brc1ccc2nc(-n3cccn3)ccc2c1.Clc1ccc2cc(Br)ccc2n1. The van der Waals surface area contributed by atoms with Crippen molar-refractivity contribution in [2.75, 3.05) is 0 Å². The molecule has 0 unspecified atom stereocenters. The number of aromatic nitrogens is 4. The summed E-state index contributed by atoms with van der Waals surface area (Å²) >= 11 is 12.6. The molecule has 0 spiro atoms. The molecule has 3 heterocycles. The molecule has 28 heavy (non-hydrogen) atoms. The molecule has 7 heteroatoms. The van der Waals surface area contributed by atoms with E-state index in [2.05, 4.69) is 53.0 Å². The van der Waals surface area contributed by atoms with Crippen molar-refractivity contribution in [3.05, 3.63) is 93.2 Å². The van der Waals surface area contributed by atoms with Gasteiger partial charge in [-0.1, -0.05) is 43.5 Å². The third-order valence-electron chi connectivity index (χ3n) is 3.99. The second-order valence-corrected chi connectivity index (χ2v) is 8.15. The quantitative estimate of drug-likeness (QED) is 0.229. The zero-order valence-electron chi connectivity index (χ0n) is 14.4. The topological polar surface area (TPSA) is 43.6 Å². The molecule has 5 aromatic rings. The minimum atomic E-state index is 0.532. The van der Waals surface area contributed by atoms with Crippen molar-refractivity contribution in [2.24, 2.45) is 0 Å². The highest BCUT2D eigenvalue weighted by molar-refractivity contribution is 9.10. The standard InChI is InChI=1S/C12H8BrN3.C9H5BrClN/c13-10-3-4-11-9(8-10)2-5-12(15-11)16-7-1-6-14-16;10-7-2-3-8-6(5-7)1-4-9(11)12-8/h1-8H;1-5H. The summed E-state index contributed by atoms with van der Waals surface area (Å²) in [7, 11) is 0. The number of halogens is 3. The number of nitrogens with zero attached hydrogens (tertiary/aromatic N) is 4. The first kappa shape index (κ1) is 19.1. The molecule has 0 bridgehead atoms. The lowest BCUT2D eigenvalue weighted by molar-refractivity contribution is 0.853. The van der Waals surface area contributed by atoms with E-state index in [1.807, 2.05) is 60.8 Å². The van der Waals surface area contributed by atoms with Crippen LogP contribution in [-0.4, -0.2) is 19.7 Å². The zero-order valence-corrected chi connectivity index (χ0v) is 18.4. The molecule has 5 rings (SSSR count). The number of pyridine rings is 2. The minimum Gasteiger partial charge on any atom is -0.236 e. The van der Waals surface area contributed by atoms with E-state index in [1.165, 1.54) is 0 Å². The molecule has 0 saturated heterocycles. The van der Waals surface area contributed by atoms with Crippen LogP contribution in [0.15, 0.2) is 88.1 Å². The zero-order chi connectivity index (χ0) is 19.5. The van der Waals surface area contributed by atoms with E-state index in [9.17, 15) is 0 Å². The van der Waals surface area contributed by atoms with Gasteiger partial charge in [0.1, 0.15) is 5.15 Å². The van der Waals surface area contributed by atoms with Gasteiger partial charge >= 0.3 is 0 Å². The van der Waals surface area contributed by atoms with Gasteiger partial charge in [0, 0.05) is 32.1 Å². The molecule has 3 aromatic heterocycles. The molecule has 0 aliphatic rings. The summed E-state index contributed by atoms with van der Waals surface area (Å²) < 4.78 is 3.87. The lowest BCUT2D eigenvalue weighted by Crippen LogP contribution is -1.97. The van der Waals surface area contributed by atoms with Gasteiger partial charge in [-0.2, -0.15) is 5.10 Å². The molecule has 0 amide bonds. The van der Waals surface area contributed by atoms with E-state index in [1.54, 1.807) is 16.9 Å². The van der Waals surface area contributed by atoms with Crippen LogP contribution in [0.25, 0.3) is 27.6 Å². The maximum atomic E-state index is 5.74. The van der Waals surface area contributed by atoms with Crippen LogP contribution in [0.5, 0.6) is 0 Å². The second kappa shape index (κ2) is 8.39. The van der Waals surface area contributed by atoms with Crippen LogP contribution in [-0.2, 0) is 0 Å². The molecule has 4 nitrogen and oxygen atoms in total. The van der Waals surface area contributed by atoms with E-state index < -0.39 is 0 Å². The van der Waals surface area contributed by atoms with Crippen LogP contribution in [0.3, 0.4) is 0 Å². The van der Waals surface area contributed by atoms with E-state index in [0.29, 0.717) is 5.15 Å². The molecular formula is C21H13Br2ClN4. The Morgan fingerprint density at radius 2 is 1.39 bits per heavy atom. The summed E-state index contributed by atoms with van der Waals surface area (Å²) in [5.41, 5.74) is 1.89. The number of rotatable bonds is 1. The van der Waals surface area contributed by atoms with E-state index in [-0.39, 0.29) is 0 Å². The van der Waals surface area contributed by atoms with Gasteiger partial charge in [0.05, 0.1) is 11.0 Å². The minimum absolute atomic E-state index is 0.532. The Kier molecular flexibility index (Phi) is 5.71. The fourth-order valence-electron chi connectivity index (χ4n) is 2.69. The van der Waals surface area contributed by atoms with Crippen molar-refractivity contribution in [3.8, 4) is 5.82 Å². The van der Waals surface area contributed by atoms with Gasteiger partial charge in [-0.25, -0.2) is 14.6 Å². The average Bonchev–Trinajstić information content (AvgIpc) is 3.23. The fourth-order valence-corrected chi connectivity index (χ4v) is 3.60. The van der Waals surface area contributed by atoms with Crippen LogP contribution >= 0.6 is 43.5 Å².